The fourth-order valence-corrected chi connectivity index (χ4v) is 4.42. The minimum Gasteiger partial charge on any atom is -0.493 e. The lowest BCUT2D eigenvalue weighted by Crippen LogP contribution is -2.37. The molecule has 0 bridgehead atoms. The molecule has 0 radical (unpaired) electrons. The van der Waals surface area contributed by atoms with Crippen molar-refractivity contribution in [2.45, 2.75) is 13.0 Å². The van der Waals surface area contributed by atoms with Crippen molar-refractivity contribution in [2.75, 3.05) is 39.3 Å². The monoisotopic (exact) mass is 533 g/mol. The zero-order valence-electron chi connectivity index (χ0n) is 21.6. The maximum absolute atomic E-state index is 14.3. The number of carbonyl (C=O) groups excluding carboxylic acids is 1. The molecule has 0 saturated heterocycles. The van der Waals surface area contributed by atoms with Gasteiger partial charge in [0.15, 0.2) is 23.0 Å². The molecule has 3 aromatic carbocycles. The quantitative estimate of drug-likeness (QED) is 0.340. The summed E-state index contributed by atoms with van der Waals surface area (Å²) < 4.78 is 36.3. The average molecular weight is 534 g/mol. The Morgan fingerprint density at radius 2 is 1.74 bits per heavy atom. The van der Waals surface area contributed by atoms with Crippen molar-refractivity contribution < 1.29 is 28.1 Å². The number of fused-ring (bicyclic) bond motifs is 2. The number of H-pyrrole nitrogens is 1. The molecule has 0 saturated carbocycles. The van der Waals surface area contributed by atoms with Gasteiger partial charge in [-0.25, -0.2) is 9.18 Å². The first-order valence-electron chi connectivity index (χ1n) is 12.4. The Balaban J connectivity index is 1.43. The van der Waals surface area contributed by atoms with Gasteiger partial charge >= 0.3 is 6.03 Å². The summed E-state index contributed by atoms with van der Waals surface area (Å²) in [7, 11) is 3.11. The van der Waals surface area contributed by atoms with Gasteiger partial charge in [0.2, 0.25) is 0 Å². The Morgan fingerprint density at radius 1 is 1.00 bits per heavy atom. The van der Waals surface area contributed by atoms with Gasteiger partial charge in [-0.15, -0.1) is 0 Å². The summed E-state index contributed by atoms with van der Waals surface area (Å²) in [4.78, 5) is 30.7. The predicted octanol–water partition coefficient (Wildman–Crippen LogP) is 4.73. The molecule has 0 fully saturated rings. The molecule has 2 amide bonds. The Labute approximate surface area is 224 Å². The normalized spacial score (nSPS) is 12.2. The zero-order valence-corrected chi connectivity index (χ0v) is 21.6. The van der Waals surface area contributed by atoms with Crippen molar-refractivity contribution in [3.05, 3.63) is 88.0 Å². The smallest absolute Gasteiger partial charge is 0.322 e. The van der Waals surface area contributed by atoms with Gasteiger partial charge in [-0.05, 0) is 48.4 Å². The number of nitrogens with zero attached hydrogens (tertiary/aromatic N) is 1. The van der Waals surface area contributed by atoms with E-state index >= 15 is 0 Å². The fraction of sp³-hybridized carbons (Fsp3) is 0.241. The first-order valence-corrected chi connectivity index (χ1v) is 12.4. The third-order valence-electron chi connectivity index (χ3n) is 6.47. The number of hydrogen-bond acceptors (Lipinski definition) is 6. The molecule has 5 rings (SSSR count). The summed E-state index contributed by atoms with van der Waals surface area (Å²) in [5.41, 5.74) is 1.58. The molecule has 0 atom stereocenters. The van der Waals surface area contributed by atoms with Crippen LogP contribution in [0.2, 0.25) is 0 Å². The average Bonchev–Trinajstić information content (AvgIpc) is 2.95. The lowest BCUT2D eigenvalue weighted by molar-refractivity contribution is 0.172. The van der Waals surface area contributed by atoms with Crippen LogP contribution >= 0.6 is 0 Å². The number of urea groups is 1. The van der Waals surface area contributed by atoms with E-state index in [9.17, 15) is 14.0 Å². The lowest BCUT2D eigenvalue weighted by Gasteiger charge is -2.24. The second kappa shape index (κ2) is 11.3. The molecule has 202 valence electrons. The molecule has 9 nitrogen and oxygen atoms in total. The van der Waals surface area contributed by atoms with Crippen LogP contribution in [0.3, 0.4) is 0 Å². The van der Waals surface area contributed by atoms with Crippen LogP contribution in [0, 0.1) is 5.82 Å². The SMILES string of the molecule is COc1ccc(CCN(Cc2cc3cc4c(cc3[nH]c2=O)OCCO4)C(=O)Nc2ccccc2F)cc1OC. The molecule has 1 aliphatic heterocycles. The summed E-state index contributed by atoms with van der Waals surface area (Å²) in [6, 6.07) is 16.1. The van der Waals surface area contributed by atoms with Crippen molar-refractivity contribution in [1.82, 2.24) is 9.88 Å². The van der Waals surface area contributed by atoms with E-state index in [1.54, 1.807) is 50.6 Å². The highest BCUT2D eigenvalue weighted by Crippen LogP contribution is 2.34. The van der Waals surface area contributed by atoms with Crippen LogP contribution in [0.4, 0.5) is 14.9 Å². The predicted molar refractivity (Wildman–Crippen MR) is 145 cm³/mol. The Bertz CT molecular complexity index is 1570. The van der Waals surface area contributed by atoms with Crippen molar-refractivity contribution in [3.8, 4) is 23.0 Å². The van der Waals surface area contributed by atoms with E-state index in [-0.39, 0.29) is 24.3 Å². The van der Waals surface area contributed by atoms with Crippen molar-refractivity contribution >= 4 is 22.6 Å². The maximum Gasteiger partial charge on any atom is 0.322 e. The van der Waals surface area contributed by atoms with Gasteiger partial charge in [-0.1, -0.05) is 18.2 Å². The van der Waals surface area contributed by atoms with Crippen LogP contribution in [0.15, 0.2) is 65.5 Å². The first-order chi connectivity index (χ1) is 18.9. The summed E-state index contributed by atoms with van der Waals surface area (Å²) in [5.74, 6) is 1.76. The van der Waals surface area contributed by atoms with E-state index in [1.807, 2.05) is 12.1 Å². The highest BCUT2D eigenvalue weighted by Gasteiger charge is 2.20. The minimum absolute atomic E-state index is 0.00666. The lowest BCUT2D eigenvalue weighted by atomic mass is 10.1. The van der Waals surface area contributed by atoms with Gasteiger partial charge in [0.05, 0.1) is 32.0 Å². The Kier molecular flexibility index (Phi) is 7.53. The summed E-state index contributed by atoms with van der Waals surface area (Å²) in [5, 5.41) is 3.36. The molecule has 4 aromatic rings. The van der Waals surface area contributed by atoms with Crippen molar-refractivity contribution in [1.29, 1.82) is 0 Å². The van der Waals surface area contributed by atoms with Crippen molar-refractivity contribution in [2.24, 2.45) is 0 Å². The standard InChI is InChI=1S/C29H28FN3O6/c1-36-24-8-7-18(13-25(24)37-2)9-10-33(29(35)32-22-6-4-3-5-21(22)30)17-20-14-19-15-26-27(39-12-11-38-26)16-23(19)31-28(20)34/h3-8,13-16H,9-12,17H2,1-2H3,(H,31,34)(H,32,35). The Morgan fingerprint density at radius 3 is 2.49 bits per heavy atom. The number of rotatable bonds is 8. The zero-order chi connectivity index (χ0) is 27.4. The molecule has 10 heteroatoms. The van der Waals surface area contributed by atoms with Gasteiger partial charge in [-0.2, -0.15) is 0 Å². The van der Waals surface area contributed by atoms with Gasteiger partial charge in [0.1, 0.15) is 19.0 Å². The first kappa shape index (κ1) is 25.9. The van der Waals surface area contributed by atoms with Crippen LogP contribution in [-0.4, -0.2) is 49.9 Å². The molecular formula is C29H28FN3O6. The molecule has 0 spiro atoms. The van der Waals surface area contributed by atoms with Crippen LogP contribution in [0.25, 0.3) is 10.9 Å². The molecular weight excluding hydrogens is 505 g/mol. The maximum atomic E-state index is 14.3. The molecule has 39 heavy (non-hydrogen) atoms. The van der Waals surface area contributed by atoms with E-state index in [0.29, 0.717) is 53.7 Å². The number of pyridine rings is 1. The van der Waals surface area contributed by atoms with Crippen molar-refractivity contribution in [3.63, 3.8) is 0 Å². The number of aromatic amines is 1. The highest BCUT2D eigenvalue weighted by molar-refractivity contribution is 5.89. The number of benzene rings is 3. The van der Waals surface area contributed by atoms with Gasteiger partial charge < -0.3 is 34.1 Å². The summed E-state index contributed by atoms with van der Waals surface area (Å²) >= 11 is 0. The second-order valence-corrected chi connectivity index (χ2v) is 8.98. The summed E-state index contributed by atoms with van der Waals surface area (Å²) in [6.07, 6.45) is 0.454. The highest BCUT2D eigenvalue weighted by atomic mass is 19.1. The largest absolute Gasteiger partial charge is 0.493 e. The van der Waals surface area contributed by atoms with E-state index in [1.165, 1.54) is 17.0 Å². The number of hydrogen-bond donors (Lipinski definition) is 2. The molecule has 0 aliphatic carbocycles. The third kappa shape index (κ3) is 5.74. The minimum atomic E-state index is -0.554. The van der Waals surface area contributed by atoms with Crippen LogP contribution in [0.1, 0.15) is 11.1 Å². The van der Waals surface area contributed by atoms with E-state index in [4.69, 9.17) is 18.9 Å². The number of anilines is 1. The number of methoxy groups -OCH3 is 2. The Hall–Kier alpha value is -4.73. The molecule has 2 N–H and O–H groups in total. The number of amides is 2. The summed E-state index contributed by atoms with van der Waals surface area (Å²) in [6.45, 7) is 1.11. The fourth-order valence-electron chi connectivity index (χ4n) is 4.42. The number of aromatic nitrogens is 1. The van der Waals surface area contributed by atoms with Gasteiger partial charge in [0.25, 0.3) is 5.56 Å². The van der Waals surface area contributed by atoms with Gasteiger partial charge in [0, 0.05) is 23.6 Å². The molecule has 1 aliphatic rings. The number of para-hydroxylation sites is 1. The number of halogens is 1. The van der Waals surface area contributed by atoms with E-state index in [2.05, 4.69) is 10.3 Å². The van der Waals surface area contributed by atoms with E-state index in [0.717, 1.165) is 10.9 Å². The third-order valence-corrected chi connectivity index (χ3v) is 6.47. The number of ether oxygens (including phenoxy) is 4. The van der Waals surface area contributed by atoms with Crippen LogP contribution in [0.5, 0.6) is 23.0 Å². The van der Waals surface area contributed by atoms with Gasteiger partial charge in [-0.3, -0.25) is 4.79 Å². The molecule has 1 aromatic heterocycles. The van der Waals surface area contributed by atoms with Crippen LogP contribution < -0.4 is 29.8 Å². The molecule has 0 unspecified atom stereocenters. The number of nitrogens with one attached hydrogen (secondary N) is 2. The number of carbonyl (C=O) groups is 1. The van der Waals surface area contributed by atoms with Crippen LogP contribution in [-0.2, 0) is 13.0 Å². The topological polar surface area (TPSA) is 102 Å². The van der Waals surface area contributed by atoms with E-state index < -0.39 is 11.8 Å². The molecule has 2 heterocycles. The second-order valence-electron chi connectivity index (χ2n) is 8.98.